The first kappa shape index (κ1) is 18.3. The molecule has 1 aromatic carbocycles. The SMILES string of the molecule is Cc1ccc(C(=O)N2CCN(c3ncccc3S(C)(=O)=O)CC2)cc1F. The van der Waals surface area contributed by atoms with Gasteiger partial charge in [-0.15, -0.1) is 0 Å². The van der Waals surface area contributed by atoms with Crippen LogP contribution in [0, 0.1) is 12.7 Å². The molecule has 0 aliphatic carbocycles. The molecule has 0 atom stereocenters. The lowest BCUT2D eigenvalue weighted by Gasteiger charge is -2.36. The highest BCUT2D eigenvalue weighted by molar-refractivity contribution is 7.90. The zero-order valence-corrected chi connectivity index (χ0v) is 15.5. The molecule has 8 heteroatoms. The summed E-state index contributed by atoms with van der Waals surface area (Å²) in [5.74, 6) is -0.225. The van der Waals surface area contributed by atoms with Gasteiger partial charge in [0.05, 0.1) is 0 Å². The second-order valence-electron chi connectivity index (χ2n) is 6.34. The quantitative estimate of drug-likeness (QED) is 0.817. The summed E-state index contributed by atoms with van der Waals surface area (Å²) in [7, 11) is -3.39. The summed E-state index contributed by atoms with van der Waals surface area (Å²) in [5.41, 5.74) is 0.811. The van der Waals surface area contributed by atoms with Crippen LogP contribution in [0.25, 0.3) is 0 Å². The molecule has 1 aliphatic rings. The summed E-state index contributed by atoms with van der Waals surface area (Å²) in [6.45, 7) is 3.38. The molecule has 0 spiro atoms. The fourth-order valence-electron chi connectivity index (χ4n) is 2.94. The highest BCUT2D eigenvalue weighted by Gasteiger charge is 2.26. The molecule has 2 heterocycles. The van der Waals surface area contributed by atoms with E-state index in [9.17, 15) is 17.6 Å². The topological polar surface area (TPSA) is 70.6 Å². The van der Waals surface area contributed by atoms with Crippen molar-refractivity contribution in [1.82, 2.24) is 9.88 Å². The number of carbonyl (C=O) groups excluding carboxylic acids is 1. The van der Waals surface area contributed by atoms with Gasteiger partial charge < -0.3 is 9.80 Å². The number of amides is 1. The zero-order valence-electron chi connectivity index (χ0n) is 14.6. The fraction of sp³-hybridized carbons (Fsp3) is 0.333. The molecule has 2 aromatic rings. The number of hydrogen-bond acceptors (Lipinski definition) is 5. The Morgan fingerprint density at radius 1 is 1.15 bits per heavy atom. The van der Waals surface area contributed by atoms with Crippen LogP contribution in [0.1, 0.15) is 15.9 Å². The van der Waals surface area contributed by atoms with Crippen LogP contribution in [-0.2, 0) is 9.84 Å². The van der Waals surface area contributed by atoms with Crippen LogP contribution >= 0.6 is 0 Å². The Morgan fingerprint density at radius 2 is 1.85 bits per heavy atom. The summed E-state index contributed by atoms with van der Waals surface area (Å²) in [6.07, 6.45) is 2.70. The molecule has 0 saturated carbocycles. The van der Waals surface area contributed by atoms with Crippen molar-refractivity contribution >= 4 is 21.6 Å². The minimum absolute atomic E-state index is 0.181. The van der Waals surface area contributed by atoms with Crippen LogP contribution in [0.2, 0.25) is 0 Å². The van der Waals surface area contributed by atoms with Gasteiger partial charge in [-0.1, -0.05) is 6.07 Å². The summed E-state index contributed by atoms with van der Waals surface area (Å²) in [6, 6.07) is 7.58. The van der Waals surface area contributed by atoms with E-state index in [-0.39, 0.29) is 10.8 Å². The lowest BCUT2D eigenvalue weighted by molar-refractivity contribution is 0.0746. The molecule has 138 valence electrons. The van der Waals surface area contributed by atoms with Crippen LogP contribution in [0.3, 0.4) is 0 Å². The number of nitrogens with zero attached hydrogens (tertiary/aromatic N) is 3. The zero-order chi connectivity index (χ0) is 18.9. The van der Waals surface area contributed by atoms with Crippen molar-refractivity contribution in [3.8, 4) is 0 Å². The van der Waals surface area contributed by atoms with E-state index in [2.05, 4.69) is 4.98 Å². The van der Waals surface area contributed by atoms with Crippen molar-refractivity contribution < 1.29 is 17.6 Å². The van der Waals surface area contributed by atoms with Crippen molar-refractivity contribution in [2.45, 2.75) is 11.8 Å². The number of benzene rings is 1. The molecule has 1 saturated heterocycles. The fourth-order valence-corrected chi connectivity index (χ4v) is 3.78. The monoisotopic (exact) mass is 377 g/mol. The van der Waals surface area contributed by atoms with Crippen LogP contribution < -0.4 is 4.90 Å². The normalized spacial score (nSPS) is 15.2. The van der Waals surface area contributed by atoms with Gasteiger partial charge in [0.25, 0.3) is 5.91 Å². The standard InChI is InChI=1S/C18H20FN3O3S/c1-13-5-6-14(12-15(13)19)18(23)22-10-8-21(9-11-22)17-16(26(2,24)25)4-3-7-20-17/h3-7,12H,8-11H2,1-2H3. The molecule has 3 rings (SSSR count). The predicted molar refractivity (Wildman–Crippen MR) is 96.6 cm³/mol. The number of pyridine rings is 1. The highest BCUT2D eigenvalue weighted by Crippen LogP contribution is 2.23. The number of aromatic nitrogens is 1. The van der Waals surface area contributed by atoms with Gasteiger partial charge >= 0.3 is 0 Å². The van der Waals surface area contributed by atoms with Crippen molar-refractivity contribution in [3.05, 3.63) is 53.5 Å². The van der Waals surface area contributed by atoms with E-state index >= 15 is 0 Å². The Bertz CT molecular complexity index is 938. The first-order chi connectivity index (χ1) is 12.3. The second kappa shape index (κ2) is 7.03. The summed E-state index contributed by atoms with van der Waals surface area (Å²) >= 11 is 0. The molecule has 0 radical (unpaired) electrons. The van der Waals surface area contributed by atoms with Gasteiger partial charge in [-0.25, -0.2) is 17.8 Å². The number of carbonyl (C=O) groups is 1. The van der Waals surface area contributed by atoms with E-state index in [0.29, 0.717) is 43.1 Å². The Labute approximate surface area is 152 Å². The molecule has 6 nitrogen and oxygen atoms in total. The number of aryl methyl sites for hydroxylation is 1. The van der Waals surface area contributed by atoms with Gasteiger partial charge in [-0.05, 0) is 36.8 Å². The van der Waals surface area contributed by atoms with Crippen LogP contribution in [0.15, 0.2) is 41.4 Å². The molecule has 0 N–H and O–H groups in total. The average Bonchev–Trinajstić information content (AvgIpc) is 2.63. The summed E-state index contributed by atoms with van der Waals surface area (Å²) in [4.78, 5) is 20.5. The molecular formula is C18H20FN3O3S. The van der Waals surface area contributed by atoms with E-state index in [1.54, 1.807) is 36.2 Å². The Kier molecular flexibility index (Phi) is 4.95. The van der Waals surface area contributed by atoms with Crippen LogP contribution in [0.5, 0.6) is 0 Å². The second-order valence-corrected chi connectivity index (χ2v) is 8.32. The lowest BCUT2D eigenvalue weighted by Crippen LogP contribution is -2.49. The summed E-state index contributed by atoms with van der Waals surface area (Å²) < 4.78 is 37.6. The lowest BCUT2D eigenvalue weighted by atomic mass is 10.1. The number of rotatable bonds is 3. The van der Waals surface area contributed by atoms with Gasteiger partial charge in [-0.3, -0.25) is 4.79 Å². The van der Waals surface area contributed by atoms with Crippen molar-refractivity contribution in [1.29, 1.82) is 0 Å². The first-order valence-electron chi connectivity index (χ1n) is 8.23. The van der Waals surface area contributed by atoms with Crippen molar-refractivity contribution in [2.24, 2.45) is 0 Å². The van der Waals surface area contributed by atoms with Crippen LogP contribution in [-0.4, -0.2) is 56.6 Å². The van der Waals surface area contributed by atoms with Gasteiger partial charge in [-0.2, -0.15) is 0 Å². The number of piperazine rings is 1. The number of anilines is 1. The maximum atomic E-state index is 13.7. The number of hydrogen-bond donors (Lipinski definition) is 0. The largest absolute Gasteiger partial charge is 0.352 e. The molecule has 0 bridgehead atoms. The van der Waals surface area contributed by atoms with E-state index in [1.807, 2.05) is 4.90 Å². The Hall–Kier alpha value is -2.48. The van der Waals surface area contributed by atoms with Gasteiger partial charge in [0.15, 0.2) is 9.84 Å². The first-order valence-corrected chi connectivity index (χ1v) is 10.1. The van der Waals surface area contributed by atoms with E-state index in [0.717, 1.165) is 6.26 Å². The van der Waals surface area contributed by atoms with E-state index in [4.69, 9.17) is 0 Å². The predicted octanol–water partition coefficient (Wildman–Crippen LogP) is 1.90. The maximum absolute atomic E-state index is 13.7. The third kappa shape index (κ3) is 3.70. The molecular weight excluding hydrogens is 357 g/mol. The molecule has 1 amide bonds. The average molecular weight is 377 g/mol. The van der Waals surface area contributed by atoms with E-state index < -0.39 is 15.7 Å². The number of sulfone groups is 1. The Morgan fingerprint density at radius 3 is 2.46 bits per heavy atom. The Balaban J connectivity index is 1.74. The third-order valence-electron chi connectivity index (χ3n) is 4.44. The van der Waals surface area contributed by atoms with Crippen LogP contribution in [0.4, 0.5) is 10.2 Å². The minimum Gasteiger partial charge on any atom is -0.352 e. The highest BCUT2D eigenvalue weighted by atomic mass is 32.2. The van der Waals surface area contributed by atoms with Gasteiger partial charge in [0, 0.05) is 44.2 Å². The van der Waals surface area contributed by atoms with Crippen molar-refractivity contribution in [3.63, 3.8) is 0 Å². The summed E-state index contributed by atoms with van der Waals surface area (Å²) in [5, 5.41) is 0. The minimum atomic E-state index is -3.39. The molecule has 1 fully saturated rings. The molecule has 1 aliphatic heterocycles. The molecule has 0 unspecified atom stereocenters. The van der Waals surface area contributed by atoms with Gasteiger partial charge in [0.1, 0.15) is 16.5 Å². The third-order valence-corrected chi connectivity index (χ3v) is 5.55. The molecule has 1 aromatic heterocycles. The smallest absolute Gasteiger partial charge is 0.254 e. The van der Waals surface area contributed by atoms with E-state index in [1.165, 1.54) is 12.1 Å². The number of halogens is 1. The molecule has 26 heavy (non-hydrogen) atoms. The van der Waals surface area contributed by atoms with Gasteiger partial charge in [0.2, 0.25) is 0 Å². The van der Waals surface area contributed by atoms with Crippen molar-refractivity contribution in [2.75, 3.05) is 37.3 Å². The maximum Gasteiger partial charge on any atom is 0.254 e.